The van der Waals surface area contributed by atoms with Gasteiger partial charge in [-0.05, 0) is 44.2 Å². The summed E-state index contributed by atoms with van der Waals surface area (Å²) in [4.78, 5) is 16.5. The topological polar surface area (TPSA) is 46.9 Å². The van der Waals surface area contributed by atoms with Gasteiger partial charge in [-0.3, -0.25) is 10.1 Å². The number of rotatable bonds is 3. The molecule has 2 heterocycles. The number of anilines is 1. The van der Waals surface area contributed by atoms with E-state index >= 15 is 0 Å². The zero-order valence-corrected chi connectivity index (χ0v) is 14.5. The number of aryl methyl sites for hydroxylation is 1. The maximum atomic E-state index is 12.4. The van der Waals surface area contributed by atoms with Crippen LogP contribution < -0.4 is 5.32 Å². The molecule has 0 aliphatic carbocycles. The summed E-state index contributed by atoms with van der Waals surface area (Å²) < 4.78 is 3.10. The van der Waals surface area contributed by atoms with Gasteiger partial charge < -0.3 is 4.57 Å². The predicted molar refractivity (Wildman–Crippen MR) is 93.0 cm³/mol. The molecule has 0 saturated heterocycles. The van der Waals surface area contributed by atoms with Crippen LogP contribution in [0, 0.1) is 13.8 Å². The van der Waals surface area contributed by atoms with Crippen molar-refractivity contribution in [3.05, 3.63) is 63.3 Å². The van der Waals surface area contributed by atoms with Crippen LogP contribution in [0.3, 0.4) is 0 Å². The number of hydrogen-bond donors (Lipinski definition) is 1. The first-order chi connectivity index (χ1) is 10.6. The van der Waals surface area contributed by atoms with Gasteiger partial charge in [-0.1, -0.05) is 15.9 Å². The van der Waals surface area contributed by atoms with Crippen molar-refractivity contribution in [1.82, 2.24) is 9.55 Å². The summed E-state index contributed by atoms with van der Waals surface area (Å²) in [6, 6.07) is 9.92. The zero-order valence-electron chi connectivity index (χ0n) is 12.1. The number of benzene rings is 1. The van der Waals surface area contributed by atoms with E-state index in [1.54, 1.807) is 6.20 Å². The molecule has 3 aromatic rings. The molecule has 0 spiro atoms. The molecular weight excluding hydrogens is 362 g/mol. The summed E-state index contributed by atoms with van der Waals surface area (Å²) in [5.74, 6) is -0.133. The molecule has 1 amide bonds. The van der Waals surface area contributed by atoms with Crippen LogP contribution in [-0.4, -0.2) is 15.5 Å². The summed E-state index contributed by atoms with van der Waals surface area (Å²) in [6.45, 7) is 3.95. The van der Waals surface area contributed by atoms with E-state index in [0.717, 1.165) is 21.5 Å². The smallest absolute Gasteiger partial charge is 0.259 e. The Bertz CT molecular complexity index is 807. The Kier molecular flexibility index (Phi) is 4.13. The van der Waals surface area contributed by atoms with Crippen LogP contribution in [0.2, 0.25) is 0 Å². The number of carbonyl (C=O) groups excluding carboxylic acids is 1. The van der Waals surface area contributed by atoms with Crippen LogP contribution in [0.25, 0.3) is 5.69 Å². The van der Waals surface area contributed by atoms with Crippen LogP contribution in [-0.2, 0) is 0 Å². The molecular formula is C16H14BrN3OS. The fourth-order valence-corrected chi connectivity index (χ4v) is 3.22. The third-order valence-corrected chi connectivity index (χ3v) is 4.63. The lowest BCUT2D eigenvalue weighted by molar-refractivity contribution is 0.102. The normalized spacial score (nSPS) is 10.7. The van der Waals surface area contributed by atoms with E-state index in [1.807, 2.05) is 49.6 Å². The summed E-state index contributed by atoms with van der Waals surface area (Å²) in [5.41, 5.74) is 3.63. The van der Waals surface area contributed by atoms with E-state index < -0.39 is 0 Å². The SMILES string of the molecule is Cc1cc(C(=O)Nc2nccs2)c(C)n1-c1ccc(Br)cc1. The quantitative estimate of drug-likeness (QED) is 0.728. The molecule has 0 bridgehead atoms. The average Bonchev–Trinajstić information content (AvgIpc) is 3.09. The highest BCUT2D eigenvalue weighted by Gasteiger charge is 2.17. The Morgan fingerprint density at radius 1 is 1.27 bits per heavy atom. The minimum absolute atomic E-state index is 0.133. The zero-order chi connectivity index (χ0) is 15.7. The number of carbonyl (C=O) groups is 1. The van der Waals surface area contributed by atoms with E-state index in [2.05, 4.69) is 30.8 Å². The van der Waals surface area contributed by atoms with Gasteiger partial charge in [-0.15, -0.1) is 11.3 Å². The lowest BCUT2D eigenvalue weighted by atomic mass is 10.2. The van der Waals surface area contributed by atoms with Gasteiger partial charge in [0.25, 0.3) is 5.91 Å². The monoisotopic (exact) mass is 375 g/mol. The van der Waals surface area contributed by atoms with Gasteiger partial charge in [0.05, 0.1) is 5.56 Å². The number of thiazole rings is 1. The van der Waals surface area contributed by atoms with Gasteiger partial charge >= 0.3 is 0 Å². The van der Waals surface area contributed by atoms with Crippen molar-refractivity contribution in [1.29, 1.82) is 0 Å². The fourth-order valence-electron chi connectivity index (χ4n) is 2.43. The minimum atomic E-state index is -0.133. The van der Waals surface area contributed by atoms with Crippen LogP contribution >= 0.6 is 27.3 Å². The Morgan fingerprint density at radius 3 is 2.64 bits per heavy atom. The highest BCUT2D eigenvalue weighted by atomic mass is 79.9. The number of aromatic nitrogens is 2. The van der Waals surface area contributed by atoms with Crippen LogP contribution in [0.5, 0.6) is 0 Å². The lowest BCUT2D eigenvalue weighted by Gasteiger charge is -2.10. The minimum Gasteiger partial charge on any atom is -0.318 e. The van der Waals surface area contributed by atoms with Gasteiger partial charge in [0.1, 0.15) is 0 Å². The van der Waals surface area contributed by atoms with E-state index in [4.69, 9.17) is 0 Å². The molecule has 2 aromatic heterocycles. The van der Waals surface area contributed by atoms with Crippen LogP contribution in [0.1, 0.15) is 21.7 Å². The fraction of sp³-hybridized carbons (Fsp3) is 0.125. The molecule has 112 valence electrons. The van der Waals surface area contributed by atoms with Gasteiger partial charge in [0, 0.05) is 33.1 Å². The molecule has 0 unspecified atom stereocenters. The molecule has 0 radical (unpaired) electrons. The first-order valence-electron chi connectivity index (χ1n) is 6.72. The highest BCUT2D eigenvalue weighted by molar-refractivity contribution is 9.10. The highest BCUT2D eigenvalue weighted by Crippen LogP contribution is 2.23. The molecule has 1 N–H and O–H groups in total. The van der Waals surface area contributed by atoms with Crippen molar-refractivity contribution in [2.24, 2.45) is 0 Å². The number of nitrogens with one attached hydrogen (secondary N) is 1. The van der Waals surface area contributed by atoms with E-state index in [0.29, 0.717) is 10.7 Å². The molecule has 0 fully saturated rings. The average molecular weight is 376 g/mol. The summed E-state index contributed by atoms with van der Waals surface area (Å²) in [5, 5.41) is 5.27. The van der Waals surface area contributed by atoms with Crippen molar-refractivity contribution in [3.63, 3.8) is 0 Å². The van der Waals surface area contributed by atoms with Crippen molar-refractivity contribution < 1.29 is 4.79 Å². The number of halogens is 1. The standard InChI is InChI=1S/C16H14BrN3OS/c1-10-9-14(15(21)19-16-18-7-8-22-16)11(2)20(10)13-5-3-12(17)4-6-13/h3-9H,1-2H3,(H,18,19,21). The predicted octanol–water partition coefficient (Wildman–Crippen LogP) is 4.57. The van der Waals surface area contributed by atoms with Crippen LogP contribution in [0.15, 0.2) is 46.4 Å². The largest absolute Gasteiger partial charge is 0.318 e. The van der Waals surface area contributed by atoms with E-state index in [9.17, 15) is 4.79 Å². The number of amides is 1. The molecule has 0 saturated carbocycles. The maximum absolute atomic E-state index is 12.4. The Labute approximate surface area is 140 Å². The molecule has 3 rings (SSSR count). The number of nitrogens with zero attached hydrogens (tertiary/aromatic N) is 2. The first kappa shape index (κ1) is 15.0. The molecule has 1 aromatic carbocycles. The van der Waals surface area contributed by atoms with Gasteiger partial charge in [0.15, 0.2) is 5.13 Å². The van der Waals surface area contributed by atoms with Crippen molar-refractivity contribution in [3.8, 4) is 5.69 Å². The van der Waals surface area contributed by atoms with Crippen molar-refractivity contribution in [2.45, 2.75) is 13.8 Å². The Hall–Kier alpha value is -1.92. The second-order valence-electron chi connectivity index (χ2n) is 4.89. The van der Waals surface area contributed by atoms with E-state index in [-0.39, 0.29) is 5.91 Å². The van der Waals surface area contributed by atoms with Gasteiger partial charge in [-0.25, -0.2) is 4.98 Å². The Morgan fingerprint density at radius 2 is 2.00 bits per heavy atom. The maximum Gasteiger partial charge on any atom is 0.259 e. The number of hydrogen-bond acceptors (Lipinski definition) is 3. The molecule has 22 heavy (non-hydrogen) atoms. The third kappa shape index (κ3) is 2.84. The first-order valence-corrected chi connectivity index (χ1v) is 8.39. The molecule has 0 aliphatic heterocycles. The molecule has 0 aliphatic rings. The second-order valence-corrected chi connectivity index (χ2v) is 6.70. The lowest BCUT2D eigenvalue weighted by Crippen LogP contribution is -2.12. The summed E-state index contributed by atoms with van der Waals surface area (Å²) in [6.07, 6.45) is 1.67. The third-order valence-electron chi connectivity index (χ3n) is 3.41. The Balaban J connectivity index is 1.96. The van der Waals surface area contributed by atoms with Gasteiger partial charge in [-0.2, -0.15) is 0 Å². The van der Waals surface area contributed by atoms with E-state index in [1.165, 1.54) is 11.3 Å². The second kappa shape index (κ2) is 6.06. The summed E-state index contributed by atoms with van der Waals surface area (Å²) in [7, 11) is 0. The van der Waals surface area contributed by atoms with Gasteiger partial charge in [0.2, 0.25) is 0 Å². The summed E-state index contributed by atoms with van der Waals surface area (Å²) >= 11 is 4.84. The molecule has 4 nitrogen and oxygen atoms in total. The van der Waals surface area contributed by atoms with Crippen molar-refractivity contribution >= 4 is 38.3 Å². The van der Waals surface area contributed by atoms with Crippen LogP contribution in [0.4, 0.5) is 5.13 Å². The molecule has 6 heteroatoms. The van der Waals surface area contributed by atoms with Crippen molar-refractivity contribution in [2.75, 3.05) is 5.32 Å². The molecule has 0 atom stereocenters.